The van der Waals surface area contributed by atoms with Crippen LogP contribution in [0, 0.1) is 0 Å². The molecule has 4 heteroatoms. The molecule has 0 aliphatic heterocycles. The van der Waals surface area contributed by atoms with E-state index in [2.05, 4.69) is 10.1 Å². The standard InChI is InChI=1S/C14H13N3O/c18-7-6-12-8-14-11(9-15-12)10-17(16-14)13-4-2-1-3-5-13/h1-5,8-10,18H,6-7H2. The van der Waals surface area contributed by atoms with Crippen LogP contribution in [0.15, 0.2) is 48.8 Å². The van der Waals surface area contributed by atoms with Crippen LogP contribution in [0.25, 0.3) is 16.6 Å². The van der Waals surface area contributed by atoms with Crippen molar-refractivity contribution in [2.24, 2.45) is 0 Å². The fraction of sp³-hybridized carbons (Fsp3) is 0.143. The molecule has 0 aliphatic carbocycles. The SMILES string of the molecule is OCCc1cc2nn(-c3ccccc3)cc2cn1. The molecule has 0 bridgehead atoms. The third-order valence-corrected chi connectivity index (χ3v) is 2.83. The number of hydrogen-bond donors (Lipinski definition) is 1. The maximum absolute atomic E-state index is 8.91. The molecule has 0 saturated heterocycles. The quantitative estimate of drug-likeness (QED) is 0.760. The summed E-state index contributed by atoms with van der Waals surface area (Å²) in [4.78, 5) is 4.29. The maximum atomic E-state index is 8.91. The van der Waals surface area contributed by atoms with Crippen LogP contribution < -0.4 is 0 Å². The first-order valence-electron chi connectivity index (χ1n) is 5.87. The number of pyridine rings is 1. The lowest BCUT2D eigenvalue weighted by molar-refractivity contribution is 0.298. The molecule has 2 heterocycles. The summed E-state index contributed by atoms with van der Waals surface area (Å²) in [5.74, 6) is 0. The normalized spacial score (nSPS) is 10.9. The summed E-state index contributed by atoms with van der Waals surface area (Å²) in [5.41, 5.74) is 2.79. The van der Waals surface area contributed by atoms with Gasteiger partial charge in [-0.25, -0.2) is 4.68 Å². The van der Waals surface area contributed by atoms with Crippen molar-refractivity contribution in [2.45, 2.75) is 6.42 Å². The van der Waals surface area contributed by atoms with Gasteiger partial charge in [0.15, 0.2) is 0 Å². The van der Waals surface area contributed by atoms with Gasteiger partial charge in [-0.15, -0.1) is 0 Å². The van der Waals surface area contributed by atoms with E-state index in [0.717, 1.165) is 22.3 Å². The van der Waals surface area contributed by atoms with Gasteiger partial charge in [0.25, 0.3) is 0 Å². The van der Waals surface area contributed by atoms with Crippen LogP contribution >= 0.6 is 0 Å². The average molecular weight is 239 g/mol. The van der Waals surface area contributed by atoms with Crippen molar-refractivity contribution >= 4 is 10.9 Å². The Labute approximate surface area is 105 Å². The van der Waals surface area contributed by atoms with E-state index < -0.39 is 0 Å². The van der Waals surface area contributed by atoms with E-state index in [4.69, 9.17) is 5.11 Å². The van der Waals surface area contributed by atoms with Gasteiger partial charge in [0.2, 0.25) is 0 Å². The highest BCUT2D eigenvalue weighted by Crippen LogP contribution is 2.15. The second-order valence-corrected chi connectivity index (χ2v) is 4.12. The molecule has 0 unspecified atom stereocenters. The smallest absolute Gasteiger partial charge is 0.0961 e. The van der Waals surface area contributed by atoms with Crippen LogP contribution in [0.2, 0.25) is 0 Å². The van der Waals surface area contributed by atoms with Crippen molar-refractivity contribution in [3.63, 3.8) is 0 Å². The summed E-state index contributed by atoms with van der Waals surface area (Å²) in [7, 11) is 0. The summed E-state index contributed by atoms with van der Waals surface area (Å²) < 4.78 is 1.84. The Morgan fingerprint density at radius 3 is 2.78 bits per heavy atom. The highest BCUT2D eigenvalue weighted by atomic mass is 16.3. The molecule has 0 saturated carbocycles. The Morgan fingerprint density at radius 2 is 2.00 bits per heavy atom. The highest BCUT2D eigenvalue weighted by Gasteiger charge is 2.04. The van der Waals surface area contributed by atoms with Crippen LogP contribution in [0.5, 0.6) is 0 Å². The predicted molar refractivity (Wildman–Crippen MR) is 69.7 cm³/mol. The third kappa shape index (κ3) is 1.98. The number of hydrogen-bond acceptors (Lipinski definition) is 3. The van der Waals surface area contributed by atoms with Gasteiger partial charge in [0, 0.05) is 36.5 Å². The molecule has 1 N–H and O–H groups in total. The molecule has 0 spiro atoms. The van der Waals surface area contributed by atoms with E-state index in [1.54, 1.807) is 6.20 Å². The number of nitrogens with zero attached hydrogens (tertiary/aromatic N) is 3. The minimum atomic E-state index is 0.109. The fourth-order valence-corrected chi connectivity index (χ4v) is 1.92. The minimum absolute atomic E-state index is 0.109. The number of aromatic nitrogens is 3. The van der Waals surface area contributed by atoms with Gasteiger partial charge in [-0.2, -0.15) is 5.10 Å². The van der Waals surface area contributed by atoms with E-state index in [9.17, 15) is 0 Å². The molecule has 3 rings (SSSR count). The number of aliphatic hydroxyl groups is 1. The minimum Gasteiger partial charge on any atom is -0.396 e. The topological polar surface area (TPSA) is 50.9 Å². The van der Waals surface area contributed by atoms with Crippen LogP contribution in [0.1, 0.15) is 5.69 Å². The molecule has 0 aliphatic rings. The molecule has 2 aromatic heterocycles. The molecule has 0 amide bonds. The lowest BCUT2D eigenvalue weighted by Gasteiger charge is -1.98. The van der Waals surface area contributed by atoms with Crippen LogP contribution in [-0.2, 0) is 6.42 Å². The first kappa shape index (κ1) is 10.9. The molecule has 1 aromatic carbocycles. The predicted octanol–water partition coefficient (Wildman–Crippen LogP) is 1.96. The second-order valence-electron chi connectivity index (χ2n) is 4.12. The number of aliphatic hydroxyl groups excluding tert-OH is 1. The summed E-state index contributed by atoms with van der Waals surface area (Å²) in [6.45, 7) is 0.109. The largest absolute Gasteiger partial charge is 0.396 e. The summed E-state index contributed by atoms with van der Waals surface area (Å²) in [6.07, 6.45) is 4.32. The Kier molecular flexibility index (Phi) is 2.78. The van der Waals surface area contributed by atoms with E-state index in [0.29, 0.717) is 6.42 Å². The van der Waals surface area contributed by atoms with E-state index in [-0.39, 0.29) is 6.61 Å². The number of fused-ring (bicyclic) bond motifs is 1. The molecule has 3 aromatic rings. The number of benzene rings is 1. The van der Waals surface area contributed by atoms with Gasteiger partial charge in [0.1, 0.15) is 0 Å². The van der Waals surface area contributed by atoms with Gasteiger partial charge in [0.05, 0.1) is 11.2 Å². The van der Waals surface area contributed by atoms with Crippen molar-refractivity contribution in [3.05, 3.63) is 54.5 Å². The summed E-state index contributed by atoms with van der Waals surface area (Å²) in [6, 6.07) is 11.9. The molecule has 0 fully saturated rings. The summed E-state index contributed by atoms with van der Waals surface area (Å²) in [5, 5.41) is 14.4. The fourth-order valence-electron chi connectivity index (χ4n) is 1.92. The van der Waals surface area contributed by atoms with E-state index in [1.807, 2.05) is 47.3 Å². The number of rotatable bonds is 3. The Hall–Kier alpha value is -2.20. The van der Waals surface area contributed by atoms with Crippen LogP contribution in [0.3, 0.4) is 0 Å². The zero-order valence-corrected chi connectivity index (χ0v) is 9.82. The summed E-state index contributed by atoms with van der Waals surface area (Å²) >= 11 is 0. The van der Waals surface area contributed by atoms with Crippen molar-refractivity contribution < 1.29 is 5.11 Å². The third-order valence-electron chi connectivity index (χ3n) is 2.83. The Balaban J connectivity index is 2.06. The first-order valence-corrected chi connectivity index (χ1v) is 5.87. The molecule has 4 nitrogen and oxygen atoms in total. The Bertz CT molecular complexity index is 661. The van der Waals surface area contributed by atoms with E-state index >= 15 is 0 Å². The average Bonchev–Trinajstić information content (AvgIpc) is 2.83. The molecule has 0 radical (unpaired) electrons. The lowest BCUT2D eigenvalue weighted by atomic mass is 10.2. The van der Waals surface area contributed by atoms with Crippen molar-refractivity contribution in [2.75, 3.05) is 6.61 Å². The van der Waals surface area contributed by atoms with Crippen molar-refractivity contribution in [1.29, 1.82) is 0 Å². The zero-order valence-electron chi connectivity index (χ0n) is 9.82. The molecule has 90 valence electrons. The molecular weight excluding hydrogens is 226 g/mol. The van der Waals surface area contributed by atoms with E-state index in [1.165, 1.54) is 0 Å². The molecular formula is C14H13N3O. The monoisotopic (exact) mass is 239 g/mol. The van der Waals surface area contributed by atoms with Gasteiger partial charge >= 0.3 is 0 Å². The maximum Gasteiger partial charge on any atom is 0.0961 e. The van der Waals surface area contributed by atoms with Gasteiger partial charge in [-0.1, -0.05) is 18.2 Å². The lowest BCUT2D eigenvalue weighted by Crippen LogP contribution is -1.94. The van der Waals surface area contributed by atoms with Crippen molar-refractivity contribution in [3.8, 4) is 5.69 Å². The van der Waals surface area contributed by atoms with Crippen LogP contribution in [0.4, 0.5) is 0 Å². The second kappa shape index (κ2) is 4.58. The van der Waals surface area contributed by atoms with Gasteiger partial charge in [-0.05, 0) is 18.2 Å². The molecule has 0 atom stereocenters. The number of para-hydroxylation sites is 1. The van der Waals surface area contributed by atoms with Crippen molar-refractivity contribution in [1.82, 2.24) is 14.8 Å². The van der Waals surface area contributed by atoms with Crippen LogP contribution in [-0.4, -0.2) is 26.5 Å². The molecule has 18 heavy (non-hydrogen) atoms. The zero-order chi connectivity index (χ0) is 12.4. The Morgan fingerprint density at radius 1 is 1.17 bits per heavy atom. The first-order chi connectivity index (χ1) is 8.86. The van der Waals surface area contributed by atoms with Gasteiger partial charge in [-0.3, -0.25) is 4.98 Å². The highest BCUT2D eigenvalue weighted by molar-refractivity contribution is 5.77. The van der Waals surface area contributed by atoms with Gasteiger partial charge < -0.3 is 5.11 Å².